The monoisotopic (exact) mass is 267 g/mol. The third-order valence-corrected chi connectivity index (χ3v) is 4.15. The number of nitrogens with one attached hydrogen (secondary N) is 2. The van der Waals surface area contributed by atoms with Gasteiger partial charge in [0.1, 0.15) is 0 Å². The van der Waals surface area contributed by atoms with E-state index in [1.54, 1.807) is 0 Å². The molecule has 4 heteroatoms. The molecule has 0 unspecified atom stereocenters. The lowest BCUT2D eigenvalue weighted by Gasteiger charge is -2.23. The van der Waals surface area contributed by atoms with Crippen LogP contribution in [0.3, 0.4) is 0 Å². The van der Waals surface area contributed by atoms with Crippen LogP contribution in [0.5, 0.6) is 0 Å². The molecule has 0 bridgehead atoms. The van der Waals surface area contributed by atoms with Crippen LogP contribution in [0.15, 0.2) is 5.10 Å². The number of hydrazone groups is 1. The molecule has 0 aliphatic heterocycles. The summed E-state index contributed by atoms with van der Waals surface area (Å²) in [6.45, 7) is 0. The Morgan fingerprint density at radius 2 is 1.56 bits per heavy atom. The summed E-state index contributed by atoms with van der Waals surface area (Å²) in [5.41, 5.74) is 4.33. The van der Waals surface area contributed by atoms with E-state index in [0.29, 0.717) is 11.2 Å². The third kappa shape index (κ3) is 4.92. The minimum Gasteiger partial charge on any atom is -0.359 e. The van der Waals surface area contributed by atoms with Gasteiger partial charge in [-0.2, -0.15) is 5.10 Å². The molecular formula is C14H25N3S. The summed E-state index contributed by atoms with van der Waals surface area (Å²) in [5, 5.41) is 8.57. The zero-order valence-corrected chi connectivity index (χ0v) is 12.0. The maximum Gasteiger partial charge on any atom is 0.187 e. The van der Waals surface area contributed by atoms with Crippen LogP contribution in [0, 0.1) is 0 Å². The molecule has 2 aliphatic carbocycles. The lowest BCUT2D eigenvalue weighted by atomic mass is 9.96. The van der Waals surface area contributed by atoms with Crippen molar-refractivity contribution in [2.24, 2.45) is 5.10 Å². The van der Waals surface area contributed by atoms with Gasteiger partial charge in [-0.05, 0) is 50.7 Å². The van der Waals surface area contributed by atoms with E-state index in [1.165, 1.54) is 63.5 Å². The van der Waals surface area contributed by atoms with E-state index in [0.717, 1.165) is 12.8 Å². The lowest BCUT2D eigenvalue weighted by molar-refractivity contribution is 0.412. The lowest BCUT2D eigenvalue weighted by Crippen LogP contribution is -2.41. The zero-order valence-electron chi connectivity index (χ0n) is 11.2. The molecule has 0 aromatic rings. The van der Waals surface area contributed by atoms with Crippen LogP contribution in [0.2, 0.25) is 0 Å². The Morgan fingerprint density at radius 1 is 0.944 bits per heavy atom. The van der Waals surface area contributed by atoms with Gasteiger partial charge < -0.3 is 5.32 Å². The molecule has 2 fully saturated rings. The standard InChI is InChI=1S/C14H25N3S/c18-14(15-12-8-6-3-7-9-12)17-16-13-10-4-1-2-5-11-13/h12H,1-11H2,(H2,15,17,18). The minimum absolute atomic E-state index is 0.563. The van der Waals surface area contributed by atoms with Crippen LogP contribution < -0.4 is 10.7 Å². The number of hydrogen-bond donors (Lipinski definition) is 2. The fourth-order valence-corrected chi connectivity index (χ4v) is 3.06. The molecule has 0 heterocycles. The quantitative estimate of drug-likeness (QED) is 0.457. The average molecular weight is 267 g/mol. The van der Waals surface area contributed by atoms with Gasteiger partial charge in [-0.15, -0.1) is 0 Å². The van der Waals surface area contributed by atoms with Crippen LogP contribution in [0.1, 0.15) is 70.6 Å². The Hall–Kier alpha value is -0.640. The van der Waals surface area contributed by atoms with Crippen molar-refractivity contribution in [1.82, 2.24) is 10.7 Å². The first-order valence-corrected chi connectivity index (χ1v) is 7.87. The Kier molecular flexibility index (Phi) is 5.91. The molecule has 18 heavy (non-hydrogen) atoms. The number of hydrogen-bond acceptors (Lipinski definition) is 2. The van der Waals surface area contributed by atoms with Gasteiger partial charge in [0.25, 0.3) is 0 Å². The fraction of sp³-hybridized carbons (Fsp3) is 0.857. The molecule has 2 rings (SSSR count). The normalized spacial score (nSPS) is 22.1. The first-order chi connectivity index (χ1) is 8.84. The molecule has 0 saturated heterocycles. The summed E-state index contributed by atoms with van der Waals surface area (Å²) in [6.07, 6.45) is 14.1. The highest BCUT2D eigenvalue weighted by Gasteiger charge is 2.13. The van der Waals surface area contributed by atoms with E-state index in [9.17, 15) is 0 Å². The van der Waals surface area contributed by atoms with Gasteiger partial charge in [-0.3, -0.25) is 5.43 Å². The van der Waals surface area contributed by atoms with E-state index in [-0.39, 0.29) is 0 Å². The highest BCUT2D eigenvalue weighted by Crippen LogP contribution is 2.17. The third-order valence-electron chi connectivity index (χ3n) is 3.94. The van der Waals surface area contributed by atoms with Crippen LogP contribution in [0.25, 0.3) is 0 Å². The number of nitrogens with zero attached hydrogens (tertiary/aromatic N) is 1. The zero-order chi connectivity index (χ0) is 12.6. The smallest absolute Gasteiger partial charge is 0.187 e. The van der Waals surface area contributed by atoms with Crippen molar-refractivity contribution in [3.8, 4) is 0 Å². The largest absolute Gasteiger partial charge is 0.359 e. The molecule has 0 atom stereocenters. The van der Waals surface area contributed by atoms with Crippen molar-refractivity contribution in [3.05, 3.63) is 0 Å². The van der Waals surface area contributed by atoms with Gasteiger partial charge in [0.15, 0.2) is 5.11 Å². The van der Waals surface area contributed by atoms with E-state index < -0.39 is 0 Å². The predicted octanol–water partition coefficient (Wildman–Crippen LogP) is 3.49. The van der Waals surface area contributed by atoms with Crippen LogP contribution in [-0.2, 0) is 0 Å². The second-order valence-corrected chi connectivity index (χ2v) is 5.92. The second-order valence-electron chi connectivity index (χ2n) is 5.51. The van der Waals surface area contributed by atoms with Gasteiger partial charge in [0, 0.05) is 11.8 Å². The highest BCUT2D eigenvalue weighted by atomic mass is 32.1. The molecule has 0 spiro atoms. The van der Waals surface area contributed by atoms with Crippen LogP contribution >= 0.6 is 12.2 Å². The van der Waals surface area contributed by atoms with Crippen LogP contribution in [-0.4, -0.2) is 16.9 Å². The van der Waals surface area contributed by atoms with E-state index in [4.69, 9.17) is 12.2 Å². The Morgan fingerprint density at radius 3 is 2.22 bits per heavy atom. The molecular weight excluding hydrogens is 242 g/mol. The summed E-state index contributed by atoms with van der Waals surface area (Å²) < 4.78 is 0. The maximum absolute atomic E-state index is 5.31. The molecule has 2 saturated carbocycles. The molecule has 0 aromatic carbocycles. The molecule has 0 aromatic heterocycles. The summed E-state index contributed by atoms with van der Waals surface area (Å²) >= 11 is 5.31. The van der Waals surface area contributed by atoms with E-state index in [2.05, 4.69) is 15.8 Å². The maximum atomic E-state index is 5.31. The number of rotatable bonds is 2. The van der Waals surface area contributed by atoms with Crippen molar-refractivity contribution in [2.75, 3.05) is 0 Å². The van der Waals surface area contributed by atoms with Gasteiger partial charge in [-0.25, -0.2) is 0 Å². The Bertz CT molecular complexity index is 285. The Balaban J connectivity index is 1.71. The molecule has 0 radical (unpaired) electrons. The fourth-order valence-electron chi connectivity index (χ4n) is 2.84. The first-order valence-electron chi connectivity index (χ1n) is 7.46. The first kappa shape index (κ1) is 13.8. The highest BCUT2D eigenvalue weighted by molar-refractivity contribution is 7.80. The van der Waals surface area contributed by atoms with Crippen molar-refractivity contribution in [2.45, 2.75) is 76.7 Å². The molecule has 2 N–H and O–H groups in total. The molecule has 2 aliphatic rings. The van der Waals surface area contributed by atoms with Crippen LogP contribution in [0.4, 0.5) is 0 Å². The molecule has 102 valence electrons. The second kappa shape index (κ2) is 7.72. The SMILES string of the molecule is S=C(NN=C1CCCCCC1)NC1CCCCC1. The van der Waals surface area contributed by atoms with E-state index >= 15 is 0 Å². The Labute approximate surface area is 116 Å². The van der Waals surface area contributed by atoms with Crippen molar-refractivity contribution < 1.29 is 0 Å². The van der Waals surface area contributed by atoms with Gasteiger partial charge >= 0.3 is 0 Å². The summed E-state index contributed by atoms with van der Waals surface area (Å²) in [7, 11) is 0. The summed E-state index contributed by atoms with van der Waals surface area (Å²) in [5.74, 6) is 0. The summed E-state index contributed by atoms with van der Waals surface area (Å²) in [6, 6.07) is 0.563. The van der Waals surface area contributed by atoms with Gasteiger partial charge in [-0.1, -0.05) is 32.1 Å². The van der Waals surface area contributed by atoms with Crippen molar-refractivity contribution >= 4 is 23.0 Å². The van der Waals surface area contributed by atoms with E-state index in [1.807, 2.05) is 0 Å². The van der Waals surface area contributed by atoms with Gasteiger partial charge in [0.2, 0.25) is 0 Å². The van der Waals surface area contributed by atoms with Crippen molar-refractivity contribution in [3.63, 3.8) is 0 Å². The predicted molar refractivity (Wildman–Crippen MR) is 80.9 cm³/mol. The topological polar surface area (TPSA) is 36.4 Å². The molecule has 3 nitrogen and oxygen atoms in total. The van der Waals surface area contributed by atoms with Crippen molar-refractivity contribution in [1.29, 1.82) is 0 Å². The molecule has 0 amide bonds. The number of thiocarbonyl (C=S) groups is 1. The van der Waals surface area contributed by atoms with Gasteiger partial charge in [0.05, 0.1) is 0 Å². The average Bonchev–Trinajstić information content (AvgIpc) is 2.66. The summed E-state index contributed by atoms with van der Waals surface area (Å²) in [4.78, 5) is 0. The minimum atomic E-state index is 0.563.